The van der Waals surface area contributed by atoms with E-state index in [4.69, 9.17) is 0 Å². The molecule has 1 aliphatic heterocycles. The van der Waals surface area contributed by atoms with Gasteiger partial charge in [-0.3, -0.25) is 0 Å². The van der Waals surface area contributed by atoms with Crippen LogP contribution in [0.2, 0.25) is 12.1 Å². The quantitative estimate of drug-likeness (QED) is 0.221. The molecule has 0 N–H and O–H groups in total. The first-order chi connectivity index (χ1) is 16.6. The molecular weight excluding hydrogens is 482 g/mol. The van der Waals surface area contributed by atoms with E-state index in [1.807, 2.05) is 0 Å². The summed E-state index contributed by atoms with van der Waals surface area (Å²) >= 11 is 0. The first kappa shape index (κ1) is 28.1. The van der Waals surface area contributed by atoms with Crippen LogP contribution >= 0.6 is 0 Å². The highest BCUT2D eigenvalue weighted by Crippen LogP contribution is 2.41. The van der Waals surface area contributed by atoms with Gasteiger partial charge in [-0.15, -0.1) is 5.70 Å². The highest BCUT2D eigenvalue weighted by atomic mass is 28.3. The number of halogens is 6. The molecule has 2 aliphatic rings. The van der Waals surface area contributed by atoms with Gasteiger partial charge in [-0.25, -0.2) is 4.39 Å². The van der Waals surface area contributed by atoms with E-state index < -0.39 is 39.1 Å². The summed E-state index contributed by atoms with van der Waals surface area (Å²) < 4.78 is 81.7. The van der Waals surface area contributed by atoms with Gasteiger partial charge in [0.05, 0.1) is 8.80 Å². The molecule has 0 aromatic heterocycles. The summed E-state index contributed by atoms with van der Waals surface area (Å²) in [5, 5.41) is 0. The van der Waals surface area contributed by atoms with E-state index in [1.54, 1.807) is 6.07 Å². The maximum atomic E-state index is 14.3. The van der Waals surface area contributed by atoms with Gasteiger partial charge >= 0.3 is 12.1 Å². The summed E-state index contributed by atoms with van der Waals surface area (Å²) in [6, 6.07) is 6.86. The first-order valence-electron chi connectivity index (χ1n) is 13.1. The summed E-state index contributed by atoms with van der Waals surface area (Å²) in [6.45, 7) is 0.286. The molecule has 1 saturated carbocycles. The van der Waals surface area contributed by atoms with Crippen LogP contribution in [0.15, 0.2) is 30.0 Å². The zero-order valence-corrected chi connectivity index (χ0v) is 21.7. The number of alkyl halides is 5. The average molecular weight is 521 g/mol. The standard InChI is InChI=1S/C27H38F6OSi/c1-2-3-4-15-35-16-13-21(14-17-35)6-5-20-7-9-22(10-8-20)23-11-12-25(24(28)18-23)34-19-26(29,30)27(31,32)33/h4,11-12,15,18,20-22,35H,2-3,5-10,13-14,16-17,19H2,1H3. The van der Waals surface area contributed by atoms with Crippen LogP contribution in [-0.4, -0.2) is 27.5 Å². The van der Waals surface area contributed by atoms with Crippen LogP contribution in [0.5, 0.6) is 5.75 Å². The maximum Gasteiger partial charge on any atom is 0.456 e. The highest BCUT2D eigenvalue weighted by Gasteiger charge is 2.58. The SMILES string of the molecule is CCCC=C[SiH]1CCC(CCC2CCC(c3ccc(OCC(F)(F)C(F)(F)F)c(F)c3)CC2)CC1. The van der Waals surface area contributed by atoms with E-state index in [0.717, 1.165) is 37.2 Å². The Morgan fingerprint density at radius 3 is 2.14 bits per heavy atom. The third-order valence-corrected chi connectivity index (χ3v) is 10.8. The van der Waals surface area contributed by atoms with Gasteiger partial charge < -0.3 is 4.74 Å². The summed E-state index contributed by atoms with van der Waals surface area (Å²) in [7, 11) is -0.635. The van der Waals surface area contributed by atoms with Crippen LogP contribution in [0, 0.1) is 17.7 Å². The van der Waals surface area contributed by atoms with Crippen LogP contribution in [0.3, 0.4) is 0 Å². The normalized spacial score (nSPS) is 26.3. The fraction of sp³-hybridized carbons (Fsp3) is 0.704. The monoisotopic (exact) mass is 520 g/mol. The molecule has 1 aliphatic carbocycles. The van der Waals surface area contributed by atoms with Crippen molar-refractivity contribution in [2.24, 2.45) is 11.8 Å². The lowest BCUT2D eigenvalue weighted by Crippen LogP contribution is -2.41. The molecule has 0 bridgehead atoms. The molecule has 1 nitrogen and oxygen atoms in total. The molecule has 0 radical (unpaired) electrons. The lowest BCUT2D eigenvalue weighted by molar-refractivity contribution is -0.290. The topological polar surface area (TPSA) is 9.23 Å². The van der Waals surface area contributed by atoms with E-state index in [2.05, 4.69) is 23.4 Å². The van der Waals surface area contributed by atoms with Crippen molar-refractivity contribution in [3.05, 3.63) is 41.4 Å². The Morgan fingerprint density at radius 1 is 0.943 bits per heavy atom. The number of hydrogen-bond acceptors (Lipinski definition) is 1. The first-order valence-corrected chi connectivity index (χ1v) is 15.4. The number of allylic oxidation sites excluding steroid dienone is 1. The molecule has 35 heavy (non-hydrogen) atoms. The van der Waals surface area contributed by atoms with E-state index in [-0.39, 0.29) is 5.92 Å². The number of rotatable bonds is 10. The Hall–Kier alpha value is -1.44. The molecule has 0 amide bonds. The van der Waals surface area contributed by atoms with Gasteiger partial charge in [-0.2, -0.15) is 22.0 Å². The van der Waals surface area contributed by atoms with Crippen molar-refractivity contribution in [1.82, 2.24) is 0 Å². The molecule has 0 atom stereocenters. The smallest absolute Gasteiger partial charge is 0.456 e. The molecule has 8 heteroatoms. The molecule has 0 unspecified atom stereocenters. The third kappa shape index (κ3) is 8.29. The predicted molar refractivity (Wildman–Crippen MR) is 130 cm³/mol. The molecule has 1 heterocycles. The molecule has 1 saturated heterocycles. The lowest BCUT2D eigenvalue weighted by atomic mass is 9.76. The fourth-order valence-corrected chi connectivity index (χ4v) is 8.57. The van der Waals surface area contributed by atoms with Crippen LogP contribution in [0.1, 0.15) is 82.6 Å². The number of unbranched alkanes of at least 4 members (excludes halogenated alkanes) is 1. The van der Waals surface area contributed by atoms with E-state index >= 15 is 0 Å². The molecular formula is C27H38F6OSi. The van der Waals surface area contributed by atoms with E-state index in [0.29, 0.717) is 5.92 Å². The van der Waals surface area contributed by atoms with Crippen molar-refractivity contribution in [2.45, 2.75) is 101 Å². The minimum Gasteiger partial charge on any atom is -0.484 e. The second kappa shape index (κ2) is 12.7. The Labute approximate surface area is 206 Å². The Morgan fingerprint density at radius 2 is 1.57 bits per heavy atom. The second-order valence-corrected chi connectivity index (χ2v) is 13.5. The van der Waals surface area contributed by atoms with Gasteiger partial charge in [0.2, 0.25) is 0 Å². The van der Waals surface area contributed by atoms with Gasteiger partial charge in [0.25, 0.3) is 0 Å². The van der Waals surface area contributed by atoms with Gasteiger partial charge in [0.1, 0.15) is 0 Å². The average Bonchev–Trinajstić information content (AvgIpc) is 2.82. The van der Waals surface area contributed by atoms with Crippen LogP contribution in [-0.2, 0) is 0 Å². The minimum absolute atomic E-state index is 0.183. The van der Waals surface area contributed by atoms with Crippen molar-refractivity contribution < 1.29 is 31.1 Å². The zero-order valence-electron chi connectivity index (χ0n) is 20.6. The summed E-state index contributed by atoms with van der Waals surface area (Å²) in [6.07, 6.45) is 8.49. The molecule has 1 aromatic rings. The van der Waals surface area contributed by atoms with Crippen molar-refractivity contribution in [3.8, 4) is 5.75 Å². The van der Waals surface area contributed by atoms with Crippen molar-refractivity contribution in [2.75, 3.05) is 6.61 Å². The number of hydrogen-bond donors (Lipinski definition) is 0. The predicted octanol–water partition coefficient (Wildman–Crippen LogP) is 8.99. The van der Waals surface area contributed by atoms with Crippen LogP contribution < -0.4 is 4.74 Å². The molecule has 0 spiro atoms. The molecule has 1 aromatic carbocycles. The Balaban J connectivity index is 1.39. The summed E-state index contributed by atoms with van der Waals surface area (Å²) in [5.41, 5.74) is 3.32. The van der Waals surface area contributed by atoms with Crippen molar-refractivity contribution in [3.63, 3.8) is 0 Å². The van der Waals surface area contributed by atoms with Gasteiger partial charge in [-0.1, -0.05) is 63.3 Å². The lowest BCUT2D eigenvalue weighted by Gasteiger charge is -2.31. The van der Waals surface area contributed by atoms with Gasteiger partial charge in [0.15, 0.2) is 18.2 Å². The van der Waals surface area contributed by atoms with Crippen LogP contribution in [0.25, 0.3) is 0 Å². The second-order valence-electron chi connectivity index (χ2n) is 10.5. The number of ether oxygens (including phenoxy) is 1. The largest absolute Gasteiger partial charge is 0.484 e. The molecule has 198 valence electrons. The Bertz CT molecular complexity index is 808. The summed E-state index contributed by atoms with van der Waals surface area (Å²) in [4.78, 5) is 0. The Kier molecular flexibility index (Phi) is 10.2. The fourth-order valence-electron chi connectivity index (χ4n) is 5.52. The van der Waals surface area contributed by atoms with E-state index in [9.17, 15) is 26.3 Å². The van der Waals surface area contributed by atoms with Crippen molar-refractivity contribution >= 4 is 8.80 Å². The summed E-state index contributed by atoms with van der Waals surface area (Å²) in [5.74, 6) is -4.76. The number of benzene rings is 1. The molecule has 2 fully saturated rings. The zero-order chi connectivity index (χ0) is 25.5. The van der Waals surface area contributed by atoms with Gasteiger partial charge in [-0.05, 0) is 67.6 Å². The van der Waals surface area contributed by atoms with E-state index in [1.165, 1.54) is 62.7 Å². The highest BCUT2D eigenvalue weighted by molar-refractivity contribution is 6.64. The third-order valence-electron chi connectivity index (χ3n) is 7.84. The molecule has 3 rings (SSSR count). The van der Waals surface area contributed by atoms with Crippen molar-refractivity contribution in [1.29, 1.82) is 0 Å². The van der Waals surface area contributed by atoms with Gasteiger partial charge in [0, 0.05) is 0 Å². The minimum atomic E-state index is -5.73. The van der Waals surface area contributed by atoms with Crippen LogP contribution in [0.4, 0.5) is 26.3 Å². The maximum absolute atomic E-state index is 14.3.